The van der Waals surface area contributed by atoms with E-state index in [4.69, 9.17) is 11.6 Å². The number of carbonyl (C=O) groups excluding carboxylic acids is 1. The van der Waals surface area contributed by atoms with E-state index in [0.717, 1.165) is 12.5 Å². The predicted molar refractivity (Wildman–Crippen MR) is 59.0 cm³/mol. The molecule has 0 aliphatic heterocycles. The highest BCUT2D eigenvalue weighted by atomic mass is 35.5. The lowest BCUT2D eigenvalue weighted by atomic mass is 10.0. The third kappa shape index (κ3) is 2.79. The molecule has 1 unspecified atom stereocenters. The highest BCUT2D eigenvalue weighted by Gasteiger charge is 2.14. The third-order valence-electron chi connectivity index (χ3n) is 2.09. The van der Waals surface area contributed by atoms with E-state index < -0.39 is 9.84 Å². The highest BCUT2D eigenvalue weighted by molar-refractivity contribution is 7.90. The van der Waals surface area contributed by atoms with Crippen molar-refractivity contribution in [3.8, 4) is 0 Å². The molecule has 1 atom stereocenters. The second kappa shape index (κ2) is 4.33. The molecule has 0 aromatic heterocycles. The van der Waals surface area contributed by atoms with Crippen LogP contribution in [0.4, 0.5) is 0 Å². The topological polar surface area (TPSA) is 51.2 Å². The van der Waals surface area contributed by atoms with Gasteiger partial charge in [-0.25, -0.2) is 8.42 Å². The van der Waals surface area contributed by atoms with Crippen molar-refractivity contribution in [2.24, 2.45) is 0 Å². The number of benzene rings is 1. The largest absolute Gasteiger partial charge is 0.303 e. The summed E-state index contributed by atoms with van der Waals surface area (Å²) >= 11 is 5.82. The maximum Gasteiger partial charge on any atom is 0.176 e. The molecule has 15 heavy (non-hydrogen) atoms. The van der Waals surface area contributed by atoms with Gasteiger partial charge < -0.3 is 4.79 Å². The van der Waals surface area contributed by atoms with E-state index in [-0.39, 0.29) is 15.8 Å². The summed E-state index contributed by atoms with van der Waals surface area (Å²) in [5, 5.41) is 0.156. The molecule has 0 saturated heterocycles. The first-order valence-corrected chi connectivity index (χ1v) is 6.58. The van der Waals surface area contributed by atoms with E-state index in [0.29, 0.717) is 5.56 Å². The number of sulfone groups is 1. The maximum absolute atomic E-state index is 11.3. The molecule has 0 N–H and O–H groups in total. The Hall–Kier alpha value is -0.870. The summed E-state index contributed by atoms with van der Waals surface area (Å²) in [5.74, 6) is -0.281. The minimum Gasteiger partial charge on any atom is -0.303 e. The molecule has 1 rings (SSSR count). The van der Waals surface area contributed by atoms with Gasteiger partial charge in [0.05, 0.1) is 9.92 Å². The molecular weight excluding hydrogens is 236 g/mol. The normalized spacial score (nSPS) is 13.5. The fourth-order valence-electron chi connectivity index (χ4n) is 1.18. The first kappa shape index (κ1) is 12.2. The van der Waals surface area contributed by atoms with E-state index in [1.807, 2.05) is 0 Å². The summed E-state index contributed by atoms with van der Waals surface area (Å²) in [6.07, 6.45) is 1.88. The molecule has 0 radical (unpaired) electrons. The Kier molecular flexibility index (Phi) is 3.52. The van der Waals surface area contributed by atoms with Crippen LogP contribution in [0.1, 0.15) is 18.4 Å². The van der Waals surface area contributed by atoms with Crippen molar-refractivity contribution in [1.29, 1.82) is 0 Å². The van der Waals surface area contributed by atoms with Crippen LogP contribution in [0.2, 0.25) is 5.02 Å². The molecule has 1 aromatic rings. The summed E-state index contributed by atoms with van der Waals surface area (Å²) in [4.78, 5) is 10.6. The van der Waals surface area contributed by atoms with Crippen molar-refractivity contribution in [3.63, 3.8) is 0 Å². The lowest BCUT2D eigenvalue weighted by molar-refractivity contribution is -0.108. The number of hydrogen-bond acceptors (Lipinski definition) is 3. The summed E-state index contributed by atoms with van der Waals surface area (Å²) in [6.45, 7) is 1.72. The second-order valence-electron chi connectivity index (χ2n) is 3.39. The first-order valence-electron chi connectivity index (χ1n) is 4.31. The van der Waals surface area contributed by atoms with Gasteiger partial charge in [0.15, 0.2) is 9.84 Å². The molecular formula is C10H11ClO3S. The average Bonchev–Trinajstić information content (AvgIpc) is 2.14. The Morgan fingerprint density at radius 2 is 2.00 bits per heavy atom. The molecule has 82 valence electrons. The highest BCUT2D eigenvalue weighted by Crippen LogP contribution is 2.25. The molecule has 5 heteroatoms. The summed E-state index contributed by atoms with van der Waals surface area (Å²) < 4.78 is 22.5. The van der Waals surface area contributed by atoms with Crippen LogP contribution in [0, 0.1) is 0 Å². The number of rotatable bonds is 3. The fourth-order valence-corrected chi connectivity index (χ4v) is 2.52. The van der Waals surface area contributed by atoms with Gasteiger partial charge in [0, 0.05) is 12.2 Å². The molecule has 0 amide bonds. The number of carbonyl (C=O) groups is 1. The molecule has 0 bridgehead atoms. The van der Waals surface area contributed by atoms with Crippen molar-refractivity contribution in [3.05, 3.63) is 28.8 Å². The molecule has 0 saturated carbocycles. The van der Waals surface area contributed by atoms with Crippen LogP contribution in [0.5, 0.6) is 0 Å². The second-order valence-corrected chi connectivity index (χ2v) is 5.78. The van der Waals surface area contributed by atoms with E-state index >= 15 is 0 Å². The van der Waals surface area contributed by atoms with Crippen molar-refractivity contribution in [2.45, 2.75) is 17.7 Å². The van der Waals surface area contributed by atoms with Crippen LogP contribution in [-0.4, -0.2) is 21.0 Å². The zero-order valence-corrected chi connectivity index (χ0v) is 9.97. The Labute approximate surface area is 94.0 Å². The van der Waals surface area contributed by atoms with Gasteiger partial charge in [0.25, 0.3) is 0 Å². The lowest BCUT2D eigenvalue weighted by Gasteiger charge is -2.07. The van der Waals surface area contributed by atoms with Gasteiger partial charge in [-0.15, -0.1) is 0 Å². The maximum atomic E-state index is 11.3. The van der Waals surface area contributed by atoms with Gasteiger partial charge in [0.2, 0.25) is 0 Å². The van der Waals surface area contributed by atoms with Crippen molar-refractivity contribution >= 4 is 27.7 Å². The van der Waals surface area contributed by atoms with Crippen LogP contribution in [0.3, 0.4) is 0 Å². The predicted octanol–water partition coefficient (Wildman–Crippen LogP) is 2.05. The average molecular weight is 247 g/mol. The van der Waals surface area contributed by atoms with E-state index in [9.17, 15) is 13.2 Å². The van der Waals surface area contributed by atoms with Gasteiger partial charge in [-0.3, -0.25) is 0 Å². The van der Waals surface area contributed by atoms with Gasteiger partial charge >= 0.3 is 0 Å². The quantitative estimate of drug-likeness (QED) is 0.767. The van der Waals surface area contributed by atoms with Crippen LogP contribution < -0.4 is 0 Å². The van der Waals surface area contributed by atoms with Gasteiger partial charge in [0.1, 0.15) is 6.29 Å². The molecule has 0 fully saturated rings. The van der Waals surface area contributed by atoms with E-state index in [1.54, 1.807) is 13.0 Å². The Balaban J connectivity index is 3.26. The van der Waals surface area contributed by atoms with E-state index in [1.165, 1.54) is 12.1 Å². The van der Waals surface area contributed by atoms with E-state index in [2.05, 4.69) is 0 Å². The summed E-state index contributed by atoms with van der Waals surface area (Å²) in [5.41, 5.74) is 0.711. The number of hydrogen-bond donors (Lipinski definition) is 0. The fraction of sp³-hybridized carbons (Fsp3) is 0.300. The Morgan fingerprint density at radius 3 is 2.40 bits per heavy atom. The number of halogens is 1. The third-order valence-corrected chi connectivity index (χ3v) is 3.67. The molecule has 1 aromatic carbocycles. The summed E-state index contributed by atoms with van der Waals surface area (Å²) in [7, 11) is -3.30. The standard InChI is InChI=1S/C10H11ClO3S/c1-7(6-12)8-3-4-10(9(11)5-8)15(2,13)14/h3-7H,1-2H3. The molecule has 3 nitrogen and oxygen atoms in total. The molecule has 0 aliphatic rings. The Morgan fingerprint density at radius 1 is 1.40 bits per heavy atom. The van der Waals surface area contributed by atoms with Gasteiger partial charge in [-0.05, 0) is 17.7 Å². The van der Waals surface area contributed by atoms with Crippen molar-refractivity contribution in [1.82, 2.24) is 0 Å². The number of aldehydes is 1. The van der Waals surface area contributed by atoms with Crippen LogP contribution in [-0.2, 0) is 14.6 Å². The van der Waals surface area contributed by atoms with Crippen molar-refractivity contribution in [2.75, 3.05) is 6.26 Å². The zero-order chi connectivity index (χ0) is 11.6. The summed E-state index contributed by atoms with van der Waals surface area (Å²) in [6, 6.07) is 4.53. The van der Waals surface area contributed by atoms with Crippen LogP contribution in [0.25, 0.3) is 0 Å². The van der Waals surface area contributed by atoms with Gasteiger partial charge in [-0.1, -0.05) is 24.6 Å². The smallest absolute Gasteiger partial charge is 0.176 e. The zero-order valence-electron chi connectivity index (χ0n) is 8.40. The van der Waals surface area contributed by atoms with Crippen LogP contribution >= 0.6 is 11.6 Å². The molecule has 0 spiro atoms. The molecule has 0 aliphatic carbocycles. The molecule has 0 heterocycles. The van der Waals surface area contributed by atoms with Crippen LogP contribution in [0.15, 0.2) is 23.1 Å². The minimum atomic E-state index is -3.30. The Bertz CT molecular complexity index is 479. The van der Waals surface area contributed by atoms with Crippen molar-refractivity contribution < 1.29 is 13.2 Å². The minimum absolute atomic E-state index is 0.0889. The lowest BCUT2D eigenvalue weighted by Crippen LogP contribution is -2.00. The monoisotopic (exact) mass is 246 g/mol. The first-order chi connectivity index (χ1) is 6.86. The van der Waals surface area contributed by atoms with Gasteiger partial charge in [-0.2, -0.15) is 0 Å². The SMILES string of the molecule is CC(C=O)c1ccc(S(C)(=O)=O)c(Cl)c1.